The van der Waals surface area contributed by atoms with Crippen LogP contribution in [0, 0.1) is 0 Å². The Morgan fingerprint density at radius 3 is 2.33 bits per heavy atom. The van der Waals surface area contributed by atoms with Crippen LogP contribution in [-0.2, 0) is 11.3 Å². The Bertz CT molecular complexity index is 792. The lowest BCUT2D eigenvalue weighted by molar-refractivity contribution is 0.197. The number of nitrogens with zero attached hydrogens (tertiary/aromatic N) is 1. The number of rotatable bonds is 7. The van der Waals surface area contributed by atoms with Crippen LogP contribution in [0.1, 0.15) is 33.4 Å². The summed E-state index contributed by atoms with van der Waals surface area (Å²) in [4.78, 5) is 4.62. The highest BCUT2D eigenvalue weighted by Gasteiger charge is 2.00. The van der Waals surface area contributed by atoms with E-state index in [1.54, 1.807) is 6.08 Å². The third-order valence-electron chi connectivity index (χ3n) is 3.53. The number of allylic oxidation sites excluding steroid dienone is 8. The summed E-state index contributed by atoms with van der Waals surface area (Å²) in [7, 11) is 0. The highest BCUT2D eigenvalue weighted by atomic mass is 16.5. The van der Waals surface area contributed by atoms with Gasteiger partial charge in [-0.1, -0.05) is 55.7 Å². The first-order chi connectivity index (χ1) is 11.6. The molecule has 2 heteroatoms. The van der Waals surface area contributed by atoms with Gasteiger partial charge in [0.2, 0.25) is 0 Å². The van der Waals surface area contributed by atoms with E-state index in [0.717, 1.165) is 33.2 Å². The van der Waals surface area contributed by atoms with E-state index in [0.29, 0.717) is 6.61 Å². The monoisotopic (exact) mass is 321 g/mol. The van der Waals surface area contributed by atoms with Crippen molar-refractivity contribution < 1.29 is 4.74 Å². The smallest absolute Gasteiger partial charge is 0.130 e. The normalized spacial score (nSPS) is 14.8. The Morgan fingerprint density at radius 2 is 1.79 bits per heavy atom. The summed E-state index contributed by atoms with van der Waals surface area (Å²) in [6.45, 7) is 16.1. The standard InChI is InChI=1S/C22H27NO/c1-7-12-18(8-2)20(10-4)15-17(6)24-16-21-14-13-19(9-3)22(11-5)23-21/h7-15H,2,4,16H2,1,3,5-6H3/b12-7-,17-15+,19-9-,20-18+,22-11+. The molecule has 1 rings (SSSR count). The van der Waals surface area contributed by atoms with E-state index in [-0.39, 0.29) is 0 Å². The van der Waals surface area contributed by atoms with Crippen LogP contribution in [-0.4, -0.2) is 4.98 Å². The number of hydrogen-bond acceptors (Lipinski definition) is 2. The molecule has 126 valence electrons. The largest absolute Gasteiger partial charge is 0.492 e. The van der Waals surface area contributed by atoms with Crippen molar-refractivity contribution in [3.05, 3.63) is 88.8 Å². The summed E-state index contributed by atoms with van der Waals surface area (Å²) in [5, 5.41) is 2.11. The van der Waals surface area contributed by atoms with Gasteiger partial charge in [-0.15, -0.1) is 0 Å². The van der Waals surface area contributed by atoms with Gasteiger partial charge in [0.1, 0.15) is 6.61 Å². The summed E-state index contributed by atoms with van der Waals surface area (Å²) in [6, 6.07) is 4.06. The first kappa shape index (κ1) is 19.4. The van der Waals surface area contributed by atoms with Gasteiger partial charge >= 0.3 is 0 Å². The predicted octanol–water partition coefficient (Wildman–Crippen LogP) is 4.35. The van der Waals surface area contributed by atoms with Crippen molar-refractivity contribution in [2.45, 2.75) is 34.3 Å². The first-order valence-corrected chi connectivity index (χ1v) is 8.11. The van der Waals surface area contributed by atoms with Crippen LogP contribution in [0.3, 0.4) is 0 Å². The van der Waals surface area contributed by atoms with Crippen molar-refractivity contribution >= 4 is 12.2 Å². The minimum atomic E-state index is 0.435. The van der Waals surface area contributed by atoms with Gasteiger partial charge in [-0.25, -0.2) is 4.98 Å². The summed E-state index contributed by atoms with van der Waals surface area (Å²) < 4.78 is 5.84. The molecule has 0 amide bonds. The fourth-order valence-electron chi connectivity index (χ4n) is 2.25. The van der Waals surface area contributed by atoms with Gasteiger partial charge in [0.25, 0.3) is 0 Å². The molecule has 1 aromatic rings. The molecule has 0 bridgehead atoms. The van der Waals surface area contributed by atoms with E-state index in [9.17, 15) is 0 Å². The molecular formula is C22H27NO. The predicted molar refractivity (Wildman–Crippen MR) is 105 cm³/mol. The Hall–Kier alpha value is -2.61. The molecule has 2 nitrogen and oxygen atoms in total. The van der Waals surface area contributed by atoms with E-state index >= 15 is 0 Å². The van der Waals surface area contributed by atoms with Crippen molar-refractivity contribution in [2.24, 2.45) is 0 Å². The molecule has 0 aliphatic rings. The second-order valence-corrected chi connectivity index (χ2v) is 5.22. The van der Waals surface area contributed by atoms with Gasteiger partial charge in [-0.05, 0) is 56.2 Å². The molecule has 0 unspecified atom stereocenters. The summed E-state index contributed by atoms with van der Waals surface area (Å²) in [6.07, 6.45) is 13.6. The molecule has 0 radical (unpaired) electrons. The maximum Gasteiger partial charge on any atom is 0.130 e. The first-order valence-electron chi connectivity index (χ1n) is 8.11. The highest BCUT2D eigenvalue weighted by Crippen LogP contribution is 2.14. The minimum Gasteiger partial charge on any atom is -0.492 e. The summed E-state index contributed by atoms with van der Waals surface area (Å²) in [5.74, 6) is 0.809. The van der Waals surface area contributed by atoms with Crippen LogP contribution < -0.4 is 10.6 Å². The zero-order valence-electron chi connectivity index (χ0n) is 15.2. The molecule has 0 saturated heterocycles. The van der Waals surface area contributed by atoms with E-state index in [1.807, 2.05) is 64.1 Å². The average Bonchev–Trinajstić information content (AvgIpc) is 2.62. The van der Waals surface area contributed by atoms with Crippen LogP contribution in [0.5, 0.6) is 0 Å². The maximum absolute atomic E-state index is 5.84. The van der Waals surface area contributed by atoms with Gasteiger partial charge in [0, 0.05) is 0 Å². The molecule has 24 heavy (non-hydrogen) atoms. The molecular weight excluding hydrogens is 294 g/mol. The maximum atomic E-state index is 5.84. The SMILES string of the molecule is C=CC(/C=C\C)=C(C=C)\C=C(/C)OCc1ccc(=C/C)/c(=C\C)n1. The lowest BCUT2D eigenvalue weighted by Gasteiger charge is -2.08. The van der Waals surface area contributed by atoms with Crippen LogP contribution in [0.2, 0.25) is 0 Å². The number of hydrogen-bond donors (Lipinski definition) is 0. The zero-order valence-corrected chi connectivity index (χ0v) is 15.2. The molecule has 0 fully saturated rings. The zero-order chi connectivity index (χ0) is 17.9. The molecule has 0 atom stereocenters. The Morgan fingerprint density at radius 1 is 1.08 bits per heavy atom. The van der Waals surface area contributed by atoms with Crippen LogP contribution >= 0.6 is 0 Å². The Labute approximate surface area is 145 Å². The Kier molecular flexibility index (Phi) is 8.28. The third-order valence-corrected chi connectivity index (χ3v) is 3.53. The molecule has 0 N–H and O–H groups in total. The topological polar surface area (TPSA) is 22.1 Å². The van der Waals surface area contributed by atoms with Gasteiger partial charge < -0.3 is 4.74 Å². The second kappa shape index (κ2) is 10.2. The van der Waals surface area contributed by atoms with Gasteiger partial charge in [-0.2, -0.15) is 0 Å². The number of ether oxygens (including phenoxy) is 1. The van der Waals surface area contributed by atoms with Crippen LogP contribution in [0.15, 0.2) is 72.6 Å². The lowest BCUT2D eigenvalue weighted by Crippen LogP contribution is -2.28. The van der Waals surface area contributed by atoms with Crippen molar-refractivity contribution in [3.8, 4) is 0 Å². The molecule has 0 aromatic carbocycles. The quantitative estimate of drug-likeness (QED) is 0.550. The van der Waals surface area contributed by atoms with E-state index in [1.165, 1.54) is 0 Å². The van der Waals surface area contributed by atoms with Crippen LogP contribution in [0.4, 0.5) is 0 Å². The van der Waals surface area contributed by atoms with Gasteiger partial charge in [0.05, 0.1) is 16.8 Å². The molecule has 0 spiro atoms. The third kappa shape index (κ3) is 5.54. The number of aromatic nitrogens is 1. The number of pyridine rings is 1. The molecule has 0 saturated carbocycles. The van der Waals surface area contributed by atoms with E-state index in [2.05, 4.69) is 30.3 Å². The summed E-state index contributed by atoms with van der Waals surface area (Å²) in [5.41, 5.74) is 2.90. The van der Waals surface area contributed by atoms with Crippen LogP contribution in [0.25, 0.3) is 12.2 Å². The van der Waals surface area contributed by atoms with E-state index in [4.69, 9.17) is 4.74 Å². The van der Waals surface area contributed by atoms with Crippen molar-refractivity contribution in [3.63, 3.8) is 0 Å². The van der Waals surface area contributed by atoms with Crippen molar-refractivity contribution in [1.82, 2.24) is 4.98 Å². The molecule has 1 heterocycles. The minimum absolute atomic E-state index is 0.435. The molecule has 1 aromatic heterocycles. The second-order valence-electron chi connectivity index (χ2n) is 5.22. The van der Waals surface area contributed by atoms with Crippen molar-refractivity contribution in [1.29, 1.82) is 0 Å². The average molecular weight is 321 g/mol. The summed E-state index contributed by atoms with van der Waals surface area (Å²) >= 11 is 0. The fourth-order valence-corrected chi connectivity index (χ4v) is 2.25. The molecule has 0 aliphatic heterocycles. The molecule has 0 aliphatic carbocycles. The van der Waals surface area contributed by atoms with Gasteiger partial charge in [-0.3, -0.25) is 0 Å². The Balaban J connectivity index is 2.98. The highest BCUT2D eigenvalue weighted by molar-refractivity contribution is 5.45. The lowest BCUT2D eigenvalue weighted by atomic mass is 10.1. The fraction of sp³-hybridized carbons (Fsp3) is 0.227. The van der Waals surface area contributed by atoms with E-state index < -0.39 is 0 Å². The van der Waals surface area contributed by atoms with Crippen molar-refractivity contribution in [2.75, 3.05) is 0 Å². The van der Waals surface area contributed by atoms with Gasteiger partial charge in [0.15, 0.2) is 0 Å².